The third kappa shape index (κ3) is 3.93. The molecular weight excluding hydrogens is 304 g/mol. The summed E-state index contributed by atoms with van der Waals surface area (Å²) < 4.78 is 5.65. The van der Waals surface area contributed by atoms with Gasteiger partial charge in [0, 0.05) is 19.1 Å². The number of carbonyl (C=O) groups excluding carboxylic acids is 2. The summed E-state index contributed by atoms with van der Waals surface area (Å²) in [5, 5.41) is 0. The van der Waals surface area contributed by atoms with Crippen molar-refractivity contribution in [3.05, 3.63) is 0 Å². The van der Waals surface area contributed by atoms with Gasteiger partial charge in [-0.05, 0) is 58.8 Å². The third-order valence-electron chi connectivity index (χ3n) is 5.71. The number of rotatable bonds is 4. The highest BCUT2D eigenvalue weighted by Gasteiger charge is 2.47. The largest absolute Gasteiger partial charge is 0.459 e. The van der Waals surface area contributed by atoms with Crippen molar-refractivity contribution in [1.82, 2.24) is 9.80 Å². The van der Waals surface area contributed by atoms with Gasteiger partial charge in [-0.1, -0.05) is 12.8 Å². The van der Waals surface area contributed by atoms with Crippen LogP contribution in [0.1, 0.15) is 65.7 Å². The van der Waals surface area contributed by atoms with Gasteiger partial charge in [-0.3, -0.25) is 14.5 Å². The minimum Gasteiger partial charge on any atom is -0.459 e. The predicted molar refractivity (Wildman–Crippen MR) is 92.5 cm³/mol. The Bertz CT molecular complexity index is 495. The minimum atomic E-state index is -0.481. The maximum absolute atomic E-state index is 12.7. The Morgan fingerprint density at radius 2 is 1.79 bits per heavy atom. The van der Waals surface area contributed by atoms with E-state index in [2.05, 4.69) is 4.90 Å². The molecule has 0 radical (unpaired) electrons. The van der Waals surface area contributed by atoms with E-state index in [1.807, 2.05) is 32.7 Å². The van der Waals surface area contributed by atoms with Gasteiger partial charge in [0.05, 0.1) is 6.54 Å². The molecule has 5 heteroatoms. The van der Waals surface area contributed by atoms with E-state index >= 15 is 0 Å². The molecule has 3 aliphatic rings. The van der Waals surface area contributed by atoms with Gasteiger partial charge in [0.25, 0.3) is 0 Å². The van der Waals surface area contributed by atoms with Gasteiger partial charge < -0.3 is 9.64 Å². The fourth-order valence-electron chi connectivity index (χ4n) is 4.31. The van der Waals surface area contributed by atoms with Crippen molar-refractivity contribution in [2.45, 2.75) is 89.4 Å². The highest BCUT2D eigenvalue weighted by atomic mass is 16.6. The highest BCUT2D eigenvalue weighted by Crippen LogP contribution is 2.40. The first-order valence-electron chi connectivity index (χ1n) is 9.50. The molecule has 24 heavy (non-hydrogen) atoms. The second-order valence-electron chi connectivity index (χ2n) is 8.81. The highest BCUT2D eigenvalue weighted by molar-refractivity contribution is 5.81. The van der Waals surface area contributed by atoms with E-state index in [0.717, 1.165) is 25.7 Å². The Morgan fingerprint density at radius 3 is 2.42 bits per heavy atom. The lowest BCUT2D eigenvalue weighted by Crippen LogP contribution is -2.49. The Hall–Kier alpha value is -1.10. The van der Waals surface area contributed by atoms with Crippen LogP contribution < -0.4 is 0 Å². The molecule has 136 valence electrons. The molecule has 0 spiro atoms. The van der Waals surface area contributed by atoms with Crippen LogP contribution in [0.25, 0.3) is 0 Å². The minimum absolute atomic E-state index is 0.150. The van der Waals surface area contributed by atoms with Crippen molar-refractivity contribution in [3.63, 3.8) is 0 Å². The van der Waals surface area contributed by atoms with E-state index in [4.69, 9.17) is 4.74 Å². The van der Waals surface area contributed by atoms with Gasteiger partial charge in [-0.15, -0.1) is 0 Å². The lowest BCUT2D eigenvalue weighted by Gasteiger charge is -2.34. The molecule has 0 unspecified atom stereocenters. The van der Waals surface area contributed by atoms with Crippen LogP contribution in [0.5, 0.6) is 0 Å². The molecule has 1 amide bonds. The number of amides is 1. The Kier molecular flexibility index (Phi) is 4.92. The van der Waals surface area contributed by atoms with E-state index in [-0.39, 0.29) is 17.9 Å². The Morgan fingerprint density at radius 1 is 1.12 bits per heavy atom. The SMILES string of the molecule is CN(C(=O)CN1[C@H](C(=O)OC(C)(C)C)C[C@@H]2CCCC[C@@H]21)C1CC1. The maximum Gasteiger partial charge on any atom is 0.323 e. The number of carbonyl (C=O) groups is 2. The van der Waals surface area contributed by atoms with Crippen molar-refractivity contribution < 1.29 is 14.3 Å². The lowest BCUT2D eigenvalue weighted by molar-refractivity contribution is -0.161. The van der Waals surface area contributed by atoms with Crippen molar-refractivity contribution in [2.75, 3.05) is 13.6 Å². The number of esters is 1. The van der Waals surface area contributed by atoms with Crippen LogP contribution in [0, 0.1) is 5.92 Å². The summed E-state index contributed by atoms with van der Waals surface area (Å²) in [6.45, 7) is 6.08. The number of hydrogen-bond acceptors (Lipinski definition) is 4. The molecule has 0 N–H and O–H groups in total. The van der Waals surface area contributed by atoms with Crippen LogP contribution in [-0.4, -0.2) is 59.0 Å². The average molecular weight is 336 g/mol. The van der Waals surface area contributed by atoms with Crippen LogP contribution in [0.15, 0.2) is 0 Å². The van der Waals surface area contributed by atoms with Gasteiger partial charge in [-0.2, -0.15) is 0 Å². The van der Waals surface area contributed by atoms with Gasteiger partial charge in [-0.25, -0.2) is 0 Å². The second-order valence-corrected chi connectivity index (χ2v) is 8.81. The average Bonchev–Trinajstić information content (AvgIpc) is 3.28. The van der Waals surface area contributed by atoms with E-state index in [1.165, 1.54) is 19.3 Å². The summed E-state index contributed by atoms with van der Waals surface area (Å²) in [5.74, 6) is 0.534. The van der Waals surface area contributed by atoms with Crippen molar-refractivity contribution in [3.8, 4) is 0 Å². The maximum atomic E-state index is 12.7. The van der Waals surface area contributed by atoms with Crippen molar-refractivity contribution in [1.29, 1.82) is 0 Å². The predicted octanol–water partition coefficient (Wildman–Crippen LogP) is 2.58. The number of fused-ring (bicyclic) bond motifs is 1. The first-order chi connectivity index (χ1) is 11.3. The van der Waals surface area contributed by atoms with E-state index in [9.17, 15) is 9.59 Å². The fraction of sp³-hybridized carbons (Fsp3) is 0.895. The normalized spacial score (nSPS) is 30.8. The van der Waals surface area contributed by atoms with Crippen LogP contribution >= 0.6 is 0 Å². The molecule has 0 aromatic carbocycles. The lowest BCUT2D eigenvalue weighted by atomic mass is 9.85. The molecule has 2 saturated carbocycles. The number of nitrogens with zero attached hydrogens (tertiary/aromatic N) is 2. The monoisotopic (exact) mass is 336 g/mol. The van der Waals surface area contributed by atoms with Gasteiger partial charge in [0.15, 0.2) is 0 Å². The molecular formula is C19H32N2O3. The van der Waals surface area contributed by atoms with Crippen molar-refractivity contribution >= 4 is 11.9 Å². The topological polar surface area (TPSA) is 49.9 Å². The fourth-order valence-corrected chi connectivity index (χ4v) is 4.31. The molecule has 5 nitrogen and oxygen atoms in total. The van der Waals surface area contributed by atoms with Crippen LogP contribution in [0.3, 0.4) is 0 Å². The summed E-state index contributed by atoms with van der Waals surface area (Å²) in [7, 11) is 1.90. The number of ether oxygens (including phenoxy) is 1. The summed E-state index contributed by atoms with van der Waals surface area (Å²) in [5.41, 5.74) is -0.481. The number of likely N-dealkylation sites (N-methyl/N-ethyl adjacent to an activating group) is 1. The molecule has 3 fully saturated rings. The van der Waals surface area contributed by atoms with Gasteiger partial charge >= 0.3 is 5.97 Å². The molecule has 1 aliphatic heterocycles. The number of likely N-dealkylation sites (tertiary alicyclic amines) is 1. The van der Waals surface area contributed by atoms with Gasteiger partial charge in [0.2, 0.25) is 5.91 Å². The van der Waals surface area contributed by atoms with E-state index < -0.39 is 5.60 Å². The first-order valence-corrected chi connectivity index (χ1v) is 9.50. The molecule has 3 rings (SSSR count). The van der Waals surface area contributed by atoms with Gasteiger partial charge in [0.1, 0.15) is 11.6 Å². The second kappa shape index (κ2) is 6.66. The molecule has 0 bridgehead atoms. The summed E-state index contributed by atoms with van der Waals surface area (Å²) >= 11 is 0. The van der Waals surface area contributed by atoms with Crippen LogP contribution in [0.4, 0.5) is 0 Å². The molecule has 1 heterocycles. The zero-order valence-corrected chi connectivity index (χ0v) is 15.6. The first kappa shape index (κ1) is 17.7. The van der Waals surface area contributed by atoms with E-state index in [0.29, 0.717) is 24.5 Å². The summed E-state index contributed by atoms with van der Waals surface area (Å²) in [4.78, 5) is 29.4. The Labute approximate surface area is 145 Å². The molecule has 1 saturated heterocycles. The zero-order chi connectivity index (χ0) is 17.5. The van der Waals surface area contributed by atoms with Crippen LogP contribution in [0.2, 0.25) is 0 Å². The zero-order valence-electron chi connectivity index (χ0n) is 15.6. The van der Waals surface area contributed by atoms with E-state index in [1.54, 1.807) is 0 Å². The molecule has 0 aromatic heterocycles. The van der Waals surface area contributed by atoms with Crippen molar-refractivity contribution in [2.24, 2.45) is 5.92 Å². The van der Waals surface area contributed by atoms with Crippen LogP contribution in [-0.2, 0) is 14.3 Å². The number of hydrogen-bond donors (Lipinski definition) is 0. The quantitative estimate of drug-likeness (QED) is 0.741. The Balaban J connectivity index is 1.72. The molecule has 0 aromatic rings. The third-order valence-corrected chi connectivity index (χ3v) is 5.71. The summed E-state index contributed by atoms with van der Waals surface area (Å²) in [6.07, 6.45) is 7.79. The molecule has 3 atom stereocenters. The smallest absolute Gasteiger partial charge is 0.323 e. The summed E-state index contributed by atoms with van der Waals surface area (Å²) in [6, 6.07) is 0.531. The standard InChI is InChI=1S/C19H32N2O3/c1-19(2,3)24-18(23)16-11-13-7-5-6-8-15(13)21(16)12-17(22)20(4)14-9-10-14/h13-16H,5-12H2,1-4H3/t13-,15-,16-/m0/s1. The molecule has 2 aliphatic carbocycles.